The van der Waals surface area contributed by atoms with Gasteiger partial charge in [-0.15, -0.1) is 0 Å². The number of carbonyl (C=O) groups is 1. The van der Waals surface area contributed by atoms with E-state index in [9.17, 15) is 9.59 Å². The number of para-hydroxylation sites is 1. The van der Waals surface area contributed by atoms with Gasteiger partial charge < -0.3 is 9.64 Å². The summed E-state index contributed by atoms with van der Waals surface area (Å²) < 4.78 is 6.93. The monoisotopic (exact) mass is 352 g/mol. The minimum Gasteiger partial charge on any atom is -0.494 e. The summed E-state index contributed by atoms with van der Waals surface area (Å²) in [5, 5.41) is 0.453. The van der Waals surface area contributed by atoms with Gasteiger partial charge in [0.1, 0.15) is 12.3 Å². The Morgan fingerprint density at radius 3 is 2.85 bits per heavy atom. The van der Waals surface area contributed by atoms with Crippen LogP contribution in [0.5, 0.6) is 5.75 Å². The number of aromatic nitrogens is 3. The van der Waals surface area contributed by atoms with Gasteiger partial charge in [0.15, 0.2) is 0 Å². The van der Waals surface area contributed by atoms with E-state index in [1.807, 2.05) is 30.3 Å². The number of amides is 1. The molecule has 0 atom stereocenters. The summed E-state index contributed by atoms with van der Waals surface area (Å²) in [6.07, 6.45) is 5.16. The van der Waals surface area contributed by atoms with Gasteiger partial charge in [-0.05, 0) is 24.6 Å². The fourth-order valence-electron chi connectivity index (χ4n) is 2.52. The van der Waals surface area contributed by atoms with E-state index in [0.717, 1.165) is 5.75 Å². The summed E-state index contributed by atoms with van der Waals surface area (Å²) in [6, 6.07) is 11.1. The third-order valence-electron chi connectivity index (χ3n) is 4.01. The SMILES string of the molecule is CN(CCCOc1ccccc1)C(=O)Cn1cnc2cnccc2c1=O. The second-order valence-corrected chi connectivity index (χ2v) is 5.90. The largest absolute Gasteiger partial charge is 0.494 e. The Kier molecular flexibility index (Phi) is 5.58. The van der Waals surface area contributed by atoms with Gasteiger partial charge >= 0.3 is 0 Å². The summed E-state index contributed by atoms with van der Waals surface area (Å²) in [6.45, 7) is 1.03. The highest BCUT2D eigenvalue weighted by molar-refractivity contribution is 5.78. The number of benzene rings is 1. The molecule has 0 spiro atoms. The van der Waals surface area contributed by atoms with E-state index < -0.39 is 0 Å². The highest BCUT2D eigenvalue weighted by Gasteiger charge is 2.12. The van der Waals surface area contributed by atoms with Crippen molar-refractivity contribution < 1.29 is 9.53 Å². The Labute approximate surface area is 150 Å². The Balaban J connectivity index is 1.53. The van der Waals surface area contributed by atoms with Crippen LogP contribution in [0.2, 0.25) is 0 Å². The van der Waals surface area contributed by atoms with Gasteiger partial charge in [0.25, 0.3) is 5.56 Å². The molecule has 7 nitrogen and oxygen atoms in total. The zero-order valence-electron chi connectivity index (χ0n) is 14.5. The van der Waals surface area contributed by atoms with Gasteiger partial charge in [-0.1, -0.05) is 18.2 Å². The number of carbonyl (C=O) groups excluding carboxylic acids is 1. The smallest absolute Gasteiger partial charge is 0.261 e. The normalized spacial score (nSPS) is 10.7. The van der Waals surface area contributed by atoms with Crippen molar-refractivity contribution in [3.8, 4) is 5.75 Å². The maximum atomic E-state index is 12.4. The van der Waals surface area contributed by atoms with Gasteiger partial charge in [0, 0.05) is 19.8 Å². The molecule has 0 saturated heterocycles. The second kappa shape index (κ2) is 8.24. The number of hydrogen-bond donors (Lipinski definition) is 0. The highest BCUT2D eigenvalue weighted by atomic mass is 16.5. The molecule has 0 saturated carbocycles. The molecule has 0 unspecified atom stereocenters. The molecule has 0 fully saturated rings. The molecule has 7 heteroatoms. The molecule has 0 aliphatic rings. The summed E-state index contributed by atoms with van der Waals surface area (Å²) in [7, 11) is 1.72. The second-order valence-electron chi connectivity index (χ2n) is 5.90. The van der Waals surface area contributed by atoms with E-state index >= 15 is 0 Å². The summed E-state index contributed by atoms with van der Waals surface area (Å²) in [5.41, 5.74) is 0.277. The third kappa shape index (κ3) is 4.24. The first-order valence-corrected chi connectivity index (χ1v) is 8.36. The zero-order valence-corrected chi connectivity index (χ0v) is 14.5. The molecule has 2 heterocycles. The first-order valence-electron chi connectivity index (χ1n) is 8.36. The van der Waals surface area contributed by atoms with Crippen LogP contribution in [0.25, 0.3) is 10.9 Å². The highest BCUT2D eigenvalue weighted by Crippen LogP contribution is 2.08. The quantitative estimate of drug-likeness (QED) is 0.605. The van der Waals surface area contributed by atoms with Crippen molar-refractivity contribution in [2.45, 2.75) is 13.0 Å². The number of ether oxygens (including phenoxy) is 1. The molecule has 1 amide bonds. The van der Waals surface area contributed by atoms with Crippen LogP contribution in [-0.2, 0) is 11.3 Å². The van der Waals surface area contributed by atoms with E-state index in [0.29, 0.717) is 30.5 Å². The fraction of sp³-hybridized carbons (Fsp3) is 0.263. The van der Waals surface area contributed by atoms with Gasteiger partial charge in [0.2, 0.25) is 5.91 Å². The Morgan fingerprint density at radius 1 is 1.23 bits per heavy atom. The first kappa shape index (κ1) is 17.6. The first-order chi connectivity index (χ1) is 12.6. The van der Waals surface area contributed by atoms with Crippen LogP contribution in [0.4, 0.5) is 0 Å². The summed E-state index contributed by atoms with van der Waals surface area (Å²) in [4.78, 5) is 34.5. The van der Waals surface area contributed by atoms with Crippen molar-refractivity contribution in [1.82, 2.24) is 19.4 Å². The van der Waals surface area contributed by atoms with Crippen molar-refractivity contribution >= 4 is 16.8 Å². The molecule has 26 heavy (non-hydrogen) atoms. The number of nitrogens with zero attached hydrogens (tertiary/aromatic N) is 4. The Bertz CT molecular complexity index is 940. The van der Waals surface area contributed by atoms with Crippen LogP contribution in [-0.4, -0.2) is 45.5 Å². The van der Waals surface area contributed by atoms with Crippen molar-refractivity contribution in [2.75, 3.05) is 20.2 Å². The Hall–Kier alpha value is -3.22. The molecular formula is C19H20N4O3. The number of hydrogen-bond acceptors (Lipinski definition) is 5. The van der Waals surface area contributed by atoms with E-state index in [1.54, 1.807) is 18.0 Å². The number of fused-ring (bicyclic) bond motifs is 1. The maximum Gasteiger partial charge on any atom is 0.261 e. The van der Waals surface area contributed by atoms with Gasteiger partial charge in [-0.25, -0.2) is 4.98 Å². The van der Waals surface area contributed by atoms with Crippen LogP contribution < -0.4 is 10.3 Å². The molecule has 0 aliphatic carbocycles. The van der Waals surface area contributed by atoms with Crippen LogP contribution >= 0.6 is 0 Å². The molecule has 1 aromatic carbocycles. The fourth-order valence-corrected chi connectivity index (χ4v) is 2.52. The average molecular weight is 352 g/mol. The van der Waals surface area contributed by atoms with Crippen LogP contribution in [0.3, 0.4) is 0 Å². The molecule has 0 N–H and O–H groups in total. The minimum atomic E-state index is -0.244. The van der Waals surface area contributed by atoms with Crippen molar-refractivity contribution in [3.05, 3.63) is 65.5 Å². The lowest BCUT2D eigenvalue weighted by molar-refractivity contribution is -0.130. The van der Waals surface area contributed by atoms with Crippen molar-refractivity contribution in [3.63, 3.8) is 0 Å². The molecule has 134 valence electrons. The molecule has 2 aromatic heterocycles. The lowest BCUT2D eigenvalue weighted by Gasteiger charge is -2.18. The van der Waals surface area contributed by atoms with Crippen LogP contribution in [0.15, 0.2) is 59.9 Å². The molecule has 0 aliphatic heterocycles. The van der Waals surface area contributed by atoms with E-state index in [4.69, 9.17) is 4.74 Å². The van der Waals surface area contributed by atoms with Gasteiger partial charge in [-0.3, -0.25) is 19.1 Å². The summed E-state index contributed by atoms with van der Waals surface area (Å²) >= 11 is 0. The van der Waals surface area contributed by atoms with Gasteiger partial charge in [0.05, 0.1) is 30.0 Å². The Morgan fingerprint density at radius 2 is 2.04 bits per heavy atom. The lowest BCUT2D eigenvalue weighted by Crippen LogP contribution is -2.35. The molecule has 3 aromatic rings. The minimum absolute atomic E-state index is 0.0415. The zero-order chi connectivity index (χ0) is 18.4. The standard InChI is InChI=1S/C19H20N4O3/c1-22(10-5-11-26-15-6-3-2-4-7-15)18(24)13-23-14-21-17-12-20-9-8-16(17)19(23)25/h2-4,6-9,12,14H,5,10-11,13H2,1H3. The average Bonchev–Trinajstić information content (AvgIpc) is 2.68. The maximum absolute atomic E-state index is 12.4. The predicted molar refractivity (Wildman–Crippen MR) is 98.0 cm³/mol. The number of pyridine rings is 1. The molecule has 0 bridgehead atoms. The molecule has 0 radical (unpaired) electrons. The molecule has 3 rings (SSSR count). The van der Waals surface area contributed by atoms with Crippen molar-refractivity contribution in [2.24, 2.45) is 0 Å². The lowest BCUT2D eigenvalue weighted by atomic mass is 10.3. The summed E-state index contributed by atoms with van der Waals surface area (Å²) in [5.74, 6) is 0.659. The van der Waals surface area contributed by atoms with Crippen molar-refractivity contribution in [1.29, 1.82) is 0 Å². The van der Waals surface area contributed by atoms with E-state index in [-0.39, 0.29) is 18.0 Å². The predicted octanol–water partition coefficient (Wildman–Crippen LogP) is 1.72. The number of rotatable bonds is 7. The van der Waals surface area contributed by atoms with Crippen LogP contribution in [0, 0.1) is 0 Å². The molecular weight excluding hydrogens is 332 g/mol. The van der Waals surface area contributed by atoms with Gasteiger partial charge in [-0.2, -0.15) is 0 Å². The van der Waals surface area contributed by atoms with E-state index in [1.165, 1.54) is 23.3 Å². The van der Waals surface area contributed by atoms with Crippen LogP contribution in [0.1, 0.15) is 6.42 Å². The number of likely N-dealkylation sites (N-methyl/N-ethyl adjacent to an activating group) is 1. The topological polar surface area (TPSA) is 77.3 Å². The third-order valence-corrected chi connectivity index (χ3v) is 4.01. The van der Waals surface area contributed by atoms with E-state index in [2.05, 4.69) is 9.97 Å².